The van der Waals surface area contributed by atoms with Crippen LogP contribution in [-0.2, 0) is 16.1 Å². The van der Waals surface area contributed by atoms with Gasteiger partial charge in [0.2, 0.25) is 11.3 Å². The number of hydrogen-bond acceptors (Lipinski definition) is 7. The molecule has 1 fully saturated rings. The molecular formula is C22H19N3O5S. The van der Waals surface area contributed by atoms with Crippen LogP contribution >= 0.6 is 11.8 Å². The smallest absolute Gasteiger partial charge is 0.292 e. The summed E-state index contributed by atoms with van der Waals surface area (Å²) < 4.78 is 11.3. The molecule has 1 atom stereocenters. The third-order valence-electron chi connectivity index (χ3n) is 4.95. The minimum Gasteiger partial charge on any atom is -0.472 e. The van der Waals surface area contributed by atoms with Gasteiger partial charge in [-0.05, 0) is 30.2 Å². The van der Waals surface area contributed by atoms with Gasteiger partial charge in [0.1, 0.15) is 5.75 Å². The Kier molecular flexibility index (Phi) is 6.21. The quantitative estimate of drug-likeness (QED) is 0.614. The molecule has 2 aliphatic rings. The second-order valence-electron chi connectivity index (χ2n) is 7.04. The Morgan fingerprint density at radius 1 is 1.16 bits per heavy atom. The Bertz CT molecular complexity index is 1050. The van der Waals surface area contributed by atoms with Gasteiger partial charge < -0.3 is 14.4 Å². The molecule has 158 valence electrons. The number of rotatable bonds is 7. The number of thioether (sulfide) groups is 1. The first-order valence-electron chi connectivity index (χ1n) is 9.71. The number of fused-ring (bicyclic) bond motifs is 1. The van der Waals surface area contributed by atoms with Gasteiger partial charge in [0.15, 0.2) is 6.73 Å². The number of ether oxygens (including phenoxy) is 2. The standard InChI is InChI=1S/C22H19N3O5S/c23-12-16-7-8-18-17(11-16)19(26)24(14-30-18)9-4-10-29-20-21(27)31-22(28)25(20)13-15-5-2-1-3-6-15/h1-3,5-8,11,20H,4,9-10,13-14H2. The van der Waals surface area contributed by atoms with E-state index in [1.165, 1.54) is 15.9 Å². The van der Waals surface area contributed by atoms with Gasteiger partial charge >= 0.3 is 0 Å². The normalized spacial score (nSPS) is 18.0. The van der Waals surface area contributed by atoms with Crippen LogP contribution in [0, 0.1) is 11.3 Å². The van der Waals surface area contributed by atoms with Crippen molar-refractivity contribution in [1.29, 1.82) is 5.26 Å². The zero-order valence-electron chi connectivity index (χ0n) is 16.5. The molecule has 0 N–H and O–H groups in total. The van der Waals surface area contributed by atoms with Crippen LogP contribution in [0.25, 0.3) is 0 Å². The van der Waals surface area contributed by atoms with Gasteiger partial charge in [0.05, 0.1) is 23.8 Å². The molecule has 2 aromatic carbocycles. The Morgan fingerprint density at radius 3 is 2.74 bits per heavy atom. The molecule has 2 amide bonds. The molecule has 0 spiro atoms. The minimum absolute atomic E-state index is 0.106. The van der Waals surface area contributed by atoms with Crippen molar-refractivity contribution in [2.24, 2.45) is 0 Å². The number of nitriles is 1. The number of amides is 2. The van der Waals surface area contributed by atoms with Crippen molar-refractivity contribution in [2.45, 2.75) is 19.2 Å². The lowest BCUT2D eigenvalue weighted by Gasteiger charge is -2.29. The Morgan fingerprint density at radius 2 is 1.97 bits per heavy atom. The lowest BCUT2D eigenvalue weighted by Crippen LogP contribution is -2.40. The molecule has 0 aromatic heterocycles. The van der Waals surface area contributed by atoms with E-state index in [4.69, 9.17) is 14.7 Å². The van der Waals surface area contributed by atoms with Gasteiger partial charge in [-0.1, -0.05) is 30.3 Å². The largest absolute Gasteiger partial charge is 0.472 e. The molecule has 0 bridgehead atoms. The molecule has 0 aliphatic carbocycles. The molecule has 9 heteroatoms. The summed E-state index contributed by atoms with van der Waals surface area (Å²) >= 11 is 0.650. The SMILES string of the molecule is N#Cc1ccc2c(c1)C(=O)N(CCCOC1C(=O)SC(=O)N1Cc1ccccc1)CO2. The molecule has 2 heterocycles. The molecule has 1 unspecified atom stereocenters. The van der Waals surface area contributed by atoms with E-state index in [0.29, 0.717) is 48.1 Å². The average Bonchev–Trinajstić information content (AvgIpc) is 3.05. The first-order valence-corrected chi connectivity index (χ1v) is 10.5. The van der Waals surface area contributed by atoms with Crippen LogP contribution in [0.1, 0.15) is 27.9 Å². The predicted octanol–water partition coefficient (Wildman–Crippen LogP) is 2.98. The van der Waals surface area contributed by atoms with Crippen LogP contribution in [0.4, 0.5) is 4.79 Å². The summed E-state index contributed by atoms with van der Waals surface area (Å²) in [7, 11) is 0. The van der Waals surface area contributed by atoms with Crippen molar-refractivity contribution in [3.8, 4) is 11.8 Å². The molecule has 4 rings (SSSR count). The van der Waals surface area contributed by atoms with Crippen molar-refractivity contribution in [2.75, 3.05) is 19.9 Å². The summed E-state index contributed by atoms with van der Waals surface area (Å²) in [4.78, 5) is 40.0. The average molecular weight is 437 g/mol. The lowest BCUT2D eigenvalue weighted by atomic mass is 10.1. The first-order chi connectivity index (χ1) is 15.1. The lowest BCUT2D eigenvalue weighted by molar-refractivity contribution is -0.129. The third kappa shape index (κ3) is 4.55. The van der Waals surface area contributed by atoms with Crippen LogP contribution in [0.15, 0.2) is 48.5 Å². The highest BCUT2D eigenvalue weighted by molar-refractivity contribution is 8.26. The fourth-order valence-corrected chi connectivity index (χ4v) is 4.13. The Hall–Kier alpha value is -3.35. The third-order valence-corrected chi connectivity index (χ3v) is 5.77. The van der Waals surface area contributed by atoms with E-state index in [1.54, 1.807) is 12.1 Å². The zero-order chi connectivity index (χ0) is 21.8. The van der Waals surface area contributed by atoms with Gasteiger partial charge in [-0.3, -0.25) is 19.3 Å². The van der Waals surface area contributed by atoms with Gasteiger partial charge in [0.25, 0.3) is 11.1 Å². The molecule has 2 aliphatic heterocycles. The summed E-state index contributed by atoms with van der Waals surface area (Å²) in [6, 6.07) is 16.1. The maximum atomic E-state index is 12.7. The van der Waals surface area contributed by atoms with Crippen molar-refractivity contribution >= 4 is 28.0 Å². The van der Waals surface area contributed by atoms with Gasteiger partial charge in [-0.2, -0.15) is 5.26 Å². The van der Waals surface area contributed by atoms with Crippen molar-refractivity contribution in [1.82, 2.24) is 9.80 Å². The summed E-state index contributed by atoms with van der Waals surface area (Å²) in [6.45, 7) is 0.953. The molecule has 31 heavy (non-hydrogen) atoms. The number of benzene rings is 2. The first kappa shape index (κ1) is 20.9. The van der Waals surface area contributed by atoms with E-state index >= 15 is 0 Å². The highest BCUT2D eigenvalue weighted by Crippen LogP contribution is 2.29. The summed E-state index contributed by atoms with van der Waals surface area (Å²) in [6.07, 6.45) is -0.477. The van der Waals surface area contributed by atoms with Crippen LogP contribution in [0.5, 0.6) is 5.75 Å². The molecule has 0 saturated carbocycles. The summed E-state index contributed by atoms with van der Waals surface area (Å²) in [5.74, 6) is 0.242. The fourth-order valence-electron chi connectivity index (χ4n) is 3.39. The minimum atomic E-state index is -0.940. The molecular weight excluding hydrogens is 418 g/mol. The predicted molar refractivity (Wildman–Crippen MR) is 112 cm³/mol. The number of carbonyl (C=O) groups is 3. The molecule has 1 saturated heterocycles. The van der Waals surface area contributed by atoms with Crippen molar-refractivity contribution < 1.29 is 23.9 Å². The second kappa shape index (κ2) is 9.20. The monoisotopic (exact) mass is 437 g/mol. The number of carbonyl (C=O) groups excluding carboxylic acids is 3. The van der Waals surface area contributed by atoms with E-state index in [2.05, 4.69) is 0 Å². The van der Waals surface area contributed by atoms with Crippen molar-refractivity contribution in [3.05, 3.63) is 65.2 Å². The number of hydrogen-bond donors (Lipinski definition) is 0. The van der Waals surface area contributed by atoms with Gasteiger partial charge in [-0.25, -0.2) is 0 Å². The number of nitrogens with zero attached hydrogens (tertiary/aromatic N) is 3. The maximum Gasteiger partial charge on any atom is 0.292 e. The highest BCUT2D eigenvalue weighted by atomic mass is 32.2. The fraction of sp³-hybridized carbons (Fsp3) is 0.273. The Balaban J connectivity index is 1.31. The van der Waals surface area contributed by atoms with Gasteiger partial charge in [0, 0.05) is 24.9 Å². The van der Waals surface area contributed by atoms with Crippen LogP contribution in [0.2, 0.25) is 0 Å². The molecule has 2 aromatic rings. The van der Waals surface area contributed by atoms with Crippen molar-refractivity contribution in [3.63, 3.8) is 0 Å². The topological polar surface area (TPSA) is 99.9 Å². The summed E-state index contributed by atoms with van der Waals surface area (Å²) in [5, 5.41) is 8.37. The van der Waals surface area contributed by atoms with Crippen LogP contribution in [-0.4, -0.2) is 52.2 Å². The van der Waals surface area contributed by atoms with Crippen LogP contribution < -0.4 is 4.74 Å². The maximum absolute atomic E-state index is 12.7. The molecule has 0 radical (unpaired) electrons. The van der Waals surface area contributed by atoms with E-state index in [9.17, 15) is 14.4 Å². The zero-order valence-corrected chi connectivity index (χ0v) is 17.3. The van der Waals surface area contributed by atoms with E-state index in [0.717, 1.165) is 5.56 Å². The van der Waals surface area contributed by atoms with Gasteiger partial charge in [-0.15, -0.1) is 0 Å². The highest BCUT2D eigenvalue weighted by Gasteiger charge is 2.40. The second-order valence-corrected chi connectivity index (χ2v) is 8.00. The van der Waals surface area contributed by atoms with Crippen LogP contribution in [0.3, 0.4) is 0 Å². The summed E-state index contributed by atoms with van der Waals surface area (Å²) in [5.41, 5.74) is 1.65. The van der Waals surface area contributed by atoms with E-state index in [1.807, 2.05) is 36.4 Å². The Labute approximate surface area is 183 Å². The van der Waals surface area contributed by atoms with E-state index in [-0.39, 0.29) is 29.6 Å². The van der Waals surface area contributed by atoms with E-state index < -0.39 is 6.23 Å². The molecule has 8 nitrogen and oxygen atoms in total.